The molecule has 0 saturated carbocycles. The molecule has 0 fully saturated rings. The molecule has 4 rings (SSSR count). The first-order valence-electron chi connectivity index (χ1n) is 16.0. The van der Waals surface area contributed by atoms with E-state index < -0.39 is 60.1 Å². The number of carbonyl (C=O) groups excluding carboxylic acids is 5. The van der Waals surface area contributed by atoms with Crippen LogP contribution in [0.25, 0.3) is 0 Å². The number of amides is 5. The molecule has 3 aromatic rings. The fourth-order valence-electron chi connectivity index (χ4n) is 5.21. The van der Waals surface area contributed by atoms with Gasteiger partial charge >= 0.3 is 0 Å². The van der Waals surface area contributed by atoms with Gasteiger partial charge in [0.2, 0.25) is 23.6 Å². The zero-order valence-corrected chi connectivity index (χ0v) is 27.3. The molecule has 1 aliphatic heterocycles. The van der Waals surface area contributed by atoms with Gasteiger partial charge in [-0.1, -0.05) is 68.4 Å². The molecule has 5 amide bonds. The summed E-state index contributed by atoms with van der Waals surface area (Å²) in [6.45, 7) is 5.50. The number of rotatable bonds is 7. The van der Waals surface area contributed by atoms with E-state index in [1.807, 2.05) is 18.2 Å². The van der Waals surface area contributed by atoms with Crippen LogP contribution in [0.15, 0.2) is 78.9 Å². The van der Waals surface area contributed by atoms with Crippen molar-refractivity contribution < 1.29 is 33.1 Å². The van der Waals surface area contributed by atoms with Crippen molar-refractivity contribution in [3.63, 3.8) is 0 Å². The highest BCUT2D eigenvalue weighted by atomic mass is 19.1. The highest BCUT2D eigenvalue weighted by Gasteiger charge is 2.32. The van der Waals surface area contributed by atoms with E-state index in [4.69, 9.17) is 4.74 Å². The van der Waals surface area contributed by atoms with Crippen LogP contribution in [0.1, 0.15) is 48.7 Å². The van der Waals surface area contributed by atoms with Gasteiger partial charge in [-0.15, -0.1) is 0 Å². The number of nitrogens with one attached hydrogen (secondary N) is 5. The first-order valence-corrected chi connectivity index (χ1v) is 16.0. The number of carbonyl (C=O) groups is 5. The normalized spacial score (nSPS) is 21.0. The Bertz CT molecular complexity index is 1580. The predicted octanol–water partition coefficient (Wildman–Crippen LogP) is 2.44. The molecule has 0 saturated heterocycles. The lowest BCUT2D eigenvalue weighted by atomic mass is 10.0. The van der Waals surface area contributed by atoms with Crippen molar-refractivity contribution in [2.75, 3.05) is 13.2 Å². The summed E-state index contributed by atoms with van der Waals surface area (Å²) in [5, 5.41) is 13.8. The van der Waals surface area contributed by atoms with Gasteiger partial charge < -0.3 is 31.3 Å². The first-order chi connectivity index (χ1) is 23.0. The summed E-state index contributed by atoms with van der Waals surface area (Å²) >= 11 is 0. The van der Waals surface area contributed by atoms with Crippen molar-refractivity contribution in [1.82, 2.24) is 26.6 Å². The van der Waals surface area contributed by atoms with Crippen molar-refractivity contribution >= 4 is 29.5 Å². The Kier molecular flexibility index (Phi) is 12.6. The van der Waals surface area contributed by atoms with Crippen LogP contribution >= 0.6 is 0 Å². The van der Waals surface area contributed by atoms with Crippen LogP contribution in [0.2, 0.25) is 0 Å². The molecule has 4 atom stereocenters. The lowest BCUT2D eigenvalue weighted by Gasteiger charge is -2.27. The van der Waals surface area contributed by atoms with Gasteiger partial charge in [-0.3, -0.25) is 24.0 Å². The van der Waals surface area contributed by atoms with E-state index in [2.05, 4.69) is 26.6 Å². The minimum atomic E-state index is -1.32. The molecule has 0 unspecified atom stereocenters. The van der Waals surface area contributed by atoms with Gasteiger partial charge in [-0.2, -0.15) is 0 Å². The zero-order chi connectivity index (χ0) is 34.6. The first kappa shape index (κ1) is 35.6. The van der Waals surface area contributed by atoms with Crippen LogP contribution in [-0.2, 0) is 32.0 Å². The Morgan fingerprint density at radius 3 is 2.25 bits per heavy atom. The Labute approximate surface area is 279 Å². The Morgan fingerprint density at radius 2 is 1.54 bits per heavy atom. The Morgan fingerprint density at radius 1 is 0.854 bits per heavy atom. The fraction of sp³-hybridized carbons (Fsp3) is 0.361. The third-order valence-electron chi connectivity index (χ3n) is 7.83. The SMILES string of the molecule is CC(C)[C@H]1NC(=O)[C@H](Cc2ccccc2)NC(=O)C[C@@H](C(=O)NCCc2ccc(F)cc2)NC(=O)c2ccccc2OC[C@H](C)NC1=O. The minimum Gasteiger partial charge on any atom is -0.491 e. The summed E-state index contributed by atoms with van der Waals surface area (Å²) in [4.78, 5) is 67.5. The van der Waals surface area contributed by atoms with Gasteiger partial charge in [-0.25, -0.2) is 4.39 Å². The maximum atomic E-state index is 13.7. The minimum absolute atomic E-state index is 0.0127. The standard InChI is InChI=1S/C36H42FN5O6/c1-22(2)32-36(47)39-23(3)21-48-30-12-8-7-11-27(30)33(44)41-29(34(45)38-18-17-24-13-15-26(37)16-14-24)20-31(43)40-28(35(46)42-32)19-25-9-5-4-6-10-25/h4-16,22-23,28-29,32H,17-21H2,1-3H3,(H,38,45)(H,39,47)(H,40,43)(H,41,44)(H,42,46)/t23-,28-,29-,32+/m0/s1. The summed E-state index contributed by atoms with van der Waals surface area (Å²) in [7, 11) is 0. The maximum absolute atomic E-state index is 13.7. The number of hydrogen-bond acceptors (Lipinski definition) is 6. The quantitative estimate of drug-likeness (QED) is 0.263. The van der Waals surface area contributed by atoms with Crippen molar-refractivity contribution in [1.29, 1.82) is 0 Å². The Hall–Kier alpha value is -5.26. The lowest BCUT2D eigenvalue weighted by Crippen LogP contribution is -2.57. The number of hydrogen-bond donors (Lipinski definition) is 5. The van der Waals surface area contributed by atoms with E-state index in [1.165, 1.54) is 18.2 Å². The highest BCUT2D eigenvalue weighted by Crippen LogP contribution is 2.19. The second kappa shape index (κ2) is 17.1. The molecule has 254 valence electrons. The van der Waals surface area contributed by atoms with Crippen molar-refractivity contribution in [3.05, 3.63) is 101 Å². The Balaban J connectivity index is 1.62. The van der Waals surface area contributed by atoms with Gasteiger partial charge in [0.15, 0.2) is 0 Å². The summed E-state index contributed by atoms with van der Waals surface area (Å²) in [5.74, 6) is -3.39. The molecule has 0 radical (unpaired) electrons. The molecule has 5 N–H and O–H groups in total. The van der Waals surface area contributed by atoms with Gasteiger partial charge in [0.05, 0.1) is 18.0 Å². The molecule has 3 aromatic carbocycles. The van der Waals surface area contributed by atoms with Crippen LogP contribution in [0.5, 0.6) is 5.75 Å². The largest absolute Gasteiger partial charge is 0.491 e. The van der Waals surface area contributed by atoms with Crippen LogP contribution in [0, 0.1) is 11.7 Å². The number of fused-ring (bicyclic) bond motifs is 1. The van der Waals surface area contributed by atoms with Crippen molar-refractivity contribution in [2.45, 2.75) is 64.2 Å². The van der Waals surface area contributed by atoms with Crippen LogP contribution in [-0.4, -0.2) is 66.9 Å². The summed E-state index contributed by atoms with van der Waals surface area (Å²) in [6, 6.07) is 17.5. The van der Waals surface area contributed by atoms with E-state index in [1.54, 1.807) is 63.2 Å². The maximum Gasteiger partial charge on any atom is 0.255 e. The van der Waals surface area contributed by atoms with Gasteiger partial charge in [0.1, 0.15) is 36.3 Å². The van der Waals surface area contributed by atoms with E-state index in [0.717, 1.165) is 11.1 Å². The smallest absolute Gasteiger partial charge is 0.255 e. The van der Waals surface area contributed by atoms with Crippen LogP contribution in [0.3, 0.4) is 0 Å². The van der Waals surface area contributed by atoms with Gasteiger partial charge in [-0.05, 0) is 54.7 Å². The number of ether oxygens (including phenoxy) is 1. The average Bonchev–Trinajstić information content (AvgIpc) is 3.06. The third-order valence-corrected chi connectivity index (χ3v) is 7.83. The molecular formula is C36H42FN5O6. The van der Waals surface area contributed by atoms with Crippen LogP contribution in [0.4, 0.5) is 4.39 Å². The average molecular weight is 660 g/mol. The van der Waals surface area contributed by atoms with E-state index in [9.17, 15) is 28.4 Å². The van der Waals surface area contributed by atoms with Crippen molar-refractivity contribution in [2.24, 2.45) is 5.92 Å². The zero-order valence-electron chi connectivity index (χ0n) is 27.3. The molecule has 48 heavy (non-hydrogen) atoms. The molecule has 11 nitrogen and oxygen atoms in total. The molecule has 0 bridgehead atoms. The van der Waals surface area contributed by atoms with Crippen LogP contribution < -0.4 is 31.3 Å². The van der Waals surface area contributed by atoms with E-state index in [-0.39, 0.29) is 42.6 Å². The molecular weight excluding hydrogens is 617 g/mol. The molecule has 1 heterocycles. The number of halogens is 1. The van der Waals surface area contributed by atoms with Gasteiger partial charge in [0, 0.05) is 13.0 Å². The molecule has 1 aliphatic rings. The summed E-state index contributed by atoms with van der Waals surface area (Å²) in [5.41, 5.74) is 1.68. The molecule has 12 heteroatoms. The van der Waals surface area contributed by atoms with Gasteiger partial charge in [0.25, 0.3) is 5.91 Å². The number of benzene rings is 3. The topological polar surface area (TPSA) is 155 Å². The second-order valence-corrected chi connectivity index (χ2v) is 12.2. The molecule has 0 aliphatic carbocycles. The molecule has 0 aromatic heterocycles. The van der Waals surface area contributed by atoms with E-state index in [0.29, 0.717) is 6.42 Å². The third kappa shape index (κ3) is 10.4. The molecule has 0 spiro atoms. The highest BCUT2D eigenvalue weighted by molar-refractivity contribution is 6.01. The predicted molar refractivity (Wildman–Crippen MR) is 177 cm³/mol. The second-order valence-electron chi connectivity index (χ2n) is 12.2. The summed E-state index contributed by atoms with van der Waals surface area (Å²) in [6.07, 6.45) is 0.0149. The van der Waals surface area contributed by atoms with E-state index >= 15 is 0 Å². The monoisotopic (exact) mass is 659 g/mol. The fourth-order valence-corrected chi connectivity index (χ4v) is 5.21. The lowest BCUT2D eigenvalue weighted by molar-refractivity contribution is -0.133. The summed E-state index contributed by atoms with van der Waals surface area (Å²) < 4.78 is 19.2. The van der Waals surface area contributed by atoms with Crippen molar-refractivity contribution in [3.8, 4) is 5.75 Å². The number of para-hydroxylation sites is 1.